The summed E-state index contributed by atoms with van der Waals surface area (Å²) in [6.45, 7) is 3.18. The summed E-state index contributed by atoms with van der Waals surface area (Å²) < 4.78 is 1.50. The molecular formula is C8H15N5O. The van der Waals surface area contributed by atoms with Gasteiger partial charge in [0.25, 0.3) is 0 Å². The summed E-state index contributed by atoms with van der Waals surface area (Å²) in [6.07, 6.45) is 1.68. The maximum absolute atomic E-state index is 11.4. The number of rotatable bonds is 4. The number of nitrogens with two attached hydrogens (primary N) is 1. The van der Waals surface area contributed by atoms with Crippen LogP contribution in [0.5, 0.6) is 0 Å². The molecule has 2 N–H and O–H groups in total. The van der Waals surface area contributed by atoms with Crippen molar-refractivity contribution >= 4 is 5.91 Å². The lowest BCUT2D eigenvalue weighted by atomic mass is 10.4. The molecule has 0 spiro atoms. The highest BCUT2D eigenvalue weighted by Gasteiger charge is 2.08. The van der Waals surface area contributed by atoms with Crippen LogP contribution in [0.25, 0.3) is 0 Å². The van der Waals surface area contributed by atoms with Crippen molar-refractivity contribution in [3.63, 3.8) is 0 Å². The van der Waals surface area contributed by atoms with Crippen molar-refractivity contribution < 1.29 is 4.79 Å². The van der Waals surface area contributed by atoms with Gasteiger partial charge in [-0.25, -0.2) is 4.68 Å². The molecule has 1 amide bonds. The molecule has 1 heterocycles. The Balaban J connectivity index is 2.56. The zero-order valence-corrected chi connectivity index (χ0v) is 8.47. The molecule has 6 heteroatoms. The fourth-order valence-electron chi connectivity index (χ4n) is 0.945. The third-order valence-electron chi connectivity index (χ3n) is 1.99. The predicted molar refractivity (Wildman–Crippen MR) is 51.2 cm³/mol. The number of carbonyl (C=O) groups is 1. The fraction of sp³-hybridized carbons (Fsp3) is 0.625. The Morgan fingerprint density at radius 1 is 1.71 bits per heavy atom. The summed E-state index contributed by atoms with van der Waals surface area (Å²) in [5.74, 6) is 0.0148. The van der Waals surface area contributed by atoms with Gasteiger partial charge in [0.1, 0.15) is 6.54 Å². The van der Waals surface area contributed by atoms with E-state index >= 15 is 0 Å². The highest BCUT2D eigenvalue weighted by atomic mass is 16.2. The van der Waals surface area contributed by atoms with E-state index in [0.29, 0.717) is 18.8 Å². The van der Waals surface area contributed by atoms with Crippen LogP contribution in [0.15, 0.2) is 6.20 Å². The molecule has 0 saturated heterocycles. The summed E-state index contributed by atoms with van der Waals surface area (Å²) in [4.78, 5) is 13.1. The first-order chi connectivity index (χ1) is 6.67. The molecule has 1 aromatic heterocycles. The maximum Gasteiger partial charge on any atom is 0.244 e. The first-order valence-electron chi connectivity index (χ1n) is 4.50. The first-order valence-corrected chi connectivity index (χ1v) is 4.50. The molecule has 0 saturated carbocycles. The predicted octanol–water partition coefficient (Wildman–Crippen LogP) is -0.785. The molecule has 0 bridgehead atoms. The minimum atomic E-state index is 0.0148. The SMILES string of the molecule is CCN(C)C(=O)Cn1cc(CN)nn1. The smallest absolute Gasteiger partial charge is 0.244 e. The number of aromatic nitrogens is 3. The van der Waals surface area contributed by atoms with Crippen molar-refractivity contribution in [2.24, 2.45) is 5.73 Å². The zero-order chi connectivity index (χ0) is 10.6. The van der Waals surface area contributed by atoms with E-state index in [2.05, 4.69) is 10.3 Å². The molecule has 0 aliphatic rings. The second-order valence-electron chi connectivity index (χ2n) is 3.02. The summed E-state index contributed by atoms with van der Waals surface area (Å²) in [5, 5.41) is 7.57. The Kier molecular flexibility index (Phi) is 3.58. The van der Waals surface area contributed by atoms with Crippen LogP contribution in [0.1, 0.15) is 12.6 Å². The average molecular weight is 197 g/mol. The van der Waals surface area contributed by atoms with Gasteiger partial charge in [-0.3, -0.25) is 4.79 Å². The van der Waals surface area contributed by atoms with Crippen LogP contribution in [0.2, 0.25) is 0 Å². The van der Waals surface area contributed by atoms with Gasteiger partial charge in [0, 0.05) is 20.1 Å². The van der Waals surface area contributed by atoms with Crippen LogP contribution >= 0.6 is 0 Å². The Morgan fingerprint density at radius 2 is 2.43 bits per heavy atom. The molecule has 0 aromatic carbocycles. The van der Waals surface area contributed by atoms with E-state index in [1.807, 2.05) is 6.92 Å². The normalized spacial score (nSPS) is 10.2. The fourth-order valence-corrected chi connectivity index (χ4v) is 0.945. The molecule has 0 atom stereocenters. The Labute approximate surface area is 82.7 Å². The minimum absolute atomic E-state index is 0.0148. The number of carbonyl (C=O) groups excluding carboxylic acids is 1. The molecule has 1 rings (SSSR count). The second kappa shape index (κ2) is 4.71. The summed E-state index contributed by atoms with van der Waals surface area (Å²) in [5.41, 5.74) is 6.06. The van der Waals surface area contributed by atoms with Gasteiger partial charge < -0.3 is 10.6 Å². The van der Waals surface area contributed by atoms with Gasteiger partial charge in [0.15, 0.2) is 0 Å². The first kappa shape index (κ1) is 10.6. The van der Waals surface area contributed by atoms with Crippen molar-refractivity contribution in [3.8, 4) is 0 Å². The summed E-state index contributed by atoms with van der Waals surface area (Å²) in [7, 11) is 1.75. The highest BCUT2D eigenvalue weighted by molar-refractivity contribution is 5.75. The number of likely N-dealkylation sites (N-methyl/N-ethyl adjacent to an activating group) is 1. The van der Waals surface area contributed by atoms with Crippen LogP contribution < -0.4 is 5.73 Å². The molecule has 0 fully saturated rings. The van der Waals surface area contributed by atoms with Crippen molar-refractivity contribution in [1.82, 2.24) is 19.9 Å². The van der Waals surface area contributed by atoms with Gasteiger partial charge in [0.2, 0.25) is 5.91 Å². The van der Waals surface area contributed by atoms with E-state index in [1.165, 1.54) is 4.68 Å². The molecular weight excluding hydrogens is 182 g/mol. The quantitative estimate of drug-likeness (QED) is 0.686. The molecule has 14 heavy (non-hydrogen) atoms. The van der Waals surface area contributed by atoms with Crippen LogP contribution in [0.4, 0.5) is 0 Å². The Bertz CT molecular complexity index is 308. The molecule has 0 radical (unpaired) electrons. The molecule has 6 nitrogen and oxygen atoms in total. The maximum atomic E-state index is 11.4. The van der Waals surface area contributed by atoms with Crippen LogP contribution in [0, 0.1) is 0 Å². The lowest BCUT2D eigenvalue weighted by Crippen LogP contribution is -2.30. The van der Waals surface area contributed by atoms with Gasteiger partial charge in [-0.15, -0.1) is 5.10 Å². The summed E-state index contributed by atoms with van der Waals surface area (Å²) >= 11 is 0. The van der Waals surface area contributed by atoms with E-state index < -0.39 is 0 Å². The standard InChI is InChI=1S/C8H15N5O/c1-3-12(2)8(14)6-13-5-7(4-9)10-11-13/h5H,3-4,6,9H2,1-2H3. The van der Waals surface area contributed by atoms with Crippen molar-refractivity contribution in [2.75, 3.05) is 13.6 Å². The molecule has 1 aromatic rings. The van der Waals surface area contributed by atoms with Crippen LogP contribution in [0.3, 0.4) is 0 Å². The monoisotopic (exact) mass is 197 g/mol. The average Bonchev–Trinajstić information content (AvgIpc) is 2.64. The van der Waals surface area contributed by atoms with Gasteiger partial charge in [-0.1, -0.05) is 5.21 Å². The third kappa shape index (κ3) is 2.53. The Hall–Kier alpha value is -1.43. The van der Waals surface area contributed by atoms with Crippen molar-refractivity contribution in [3.05, 3.63) is 11.9 Å². The van der Waals surface area contributed by atoms with Gasteiger partial charge in [-0.2, -0.15) is 0 Å². The lowest BCUT2D eigenvalue weighted by Gasteiger charge is -2.13. The highest BCUT2D eigenvalue weighted by Crippen LogP contribution is 1.93. The lowest BCUT2D eigenvalue weighted by molar-refractivity contribution is -0.130. The van der Waals surface area contributed by atoms with E-state index in [9.17, 15) is 4.79 Å². The molecule has 78 valence electrons. The number of amides is 1. The van der Waals surface area contributed by atoms with Crippen molar-refractivity contribution in [1.29, 1.82) is 0 Å². The third-order valence-corrected chi connectivity index (χ3v) is 1.99. The molecule has 0 aliphatic carbocycles. The van der Waals surface area contributed by atoms with Crippen molar-refractivity contribution in [2.45, 2.75) is 20.0 Å². The van der Waals surface area contributed by atoms with Gasteiger partial charge >= 0.3 is 0 Å². The number of hydrogen-bond donors (Lipinski definition) is 1. The minimum Gasteiger partial charge on any atom is -0.344 e. The van der Waals surface area contributed by atoms with E-state index in [0.717, 1.165) is 0 Å². The summed E-state index contributed by atoms with van der Waals surface area (Å²) in [6, 6.07) is 0. The zero-order valence-electron chi connectivity index (χ0n) is 8.47. The van der Waals surface area contributed by atoms with E-state index in [-0.39, 0.29) is 12.5 Å². The van der Waals surface area contributed by atoms with Gasteiger partial charge in [-0.05, 0) is 6.92 Å². The Morgan fingerprint density at radius 3 is 2.93 bits per heavy atom. The van der Waals surface area contributed by atoms with E-state index in [1.54, 1.807) is 18.1 Å². The second-order valence-corrected chi connectivity index (χ2v) is 3.02. The molecule has 0 unspecified atom stereocenters. The molecule has 0 aliphatic heterocycles. The van der Waals surface area contributed by atoms with Crippen LogP contribution in [-0.2, 0) is 17.9 Å². The van der Waals surface area contributed by atoms with E-state index in [4.69, 9.17) is 5.73 Å². The largest absolute Gasteiger partial charge is 0.344 e. The number of hydrogen-bond acceptors (Lipinski definition) is 4. The number of nitrogens with zero attached hydrogens (tertiary/aromatic N) is 4. The van der Waals surface area contributed by atoms with Gasteiger partial charge in [0.05, 0.1) is 11.9 Å². The van der Waals surface area contributed by atoms with Crippen LogP contribution in [-0.4, -0.2) is 39.4 Å². The topological polar surface area (TPSA) is 77.0 Å².